The molecule has 5 N–H and O–H groups in total. The maximum absolute atomic E-state index is 13.1. The van der Waals surface area contributed by atoms with Crippen molar-refractivity contribution in [2.45, 2.75) is 4.90 Å². The highest BCUT2D eigenvalue weighted by molar-refractivity contribution is 7.89. The monoisotopic (exact) mass is 349 g/mol. The highest BCUT2D eigenvalue weighted by atomic mass is 35.5. The van der Waals surface area contributed by atoms with Crippen molar-refractivity contribution >= 4 is 50.3 Å². The molecule has 0 heterocycles. The van der Waals surface area contributed by atoms with Gasteiger partial charge in [-0.05, 0) is 30.3 Å². The molecule has 0 amide bonds. The molecule has 0 aliphatic heterocycles. The first-order valence-corrected chi connectivity index (χ1v) is 7.82. The van der Waals surface area contributed by atoms with Crippen molar-refractivity contribution in [1.29, 1.82) is 0 Å². The minimum absolute atomic E-state index is 0.0413. The molecule has 2 rings (SSSR count). The van der Waals surface area contributed by atoms with E-state index in [2.05, 4.69) is 5.32 Å². The maximum Gasteiger partial charge on any atom is 0.238 e. The summed E-state index contributed by atoms with van der Waals surface area (Å²) >= 11 is 11.8. The zero-order valence-electron chi connectivity index (χ0n) is 10.4. The molecule has 9 heteroatoms. The number of nitrogen functional groups attached to an aromatic ring is 1. The van der Waals surface area contributed by atoms with E-state index in [9.17, 15) is 12.8 Å². The van der Waals surface area contributed by atoms with Gasteiger partial charge in [0.15, 0.2) is 0 Å². The second kappa shape index (κ2) is 5.69. The summed E-state index contributed by atoms with van der Waals surface area (Å²) in [4.78, 5) is -0.167. The van der Waals surface area contributed by atoms with Gasteiger partial charge in [-0.1, -0.05) is 23.2 Å². The summed E-state index contributed by atoms with van der Waals surface area (Å²) in [6.45, 7) is 0. The lowest BCUT2D eigenvalue weighted by Crippen LogP contribution is -2.12. The number of halogens is 3. The average Bonchev–Trinajstić information content (AvgIpc) is 2.32. The van der Waals surface area contributed by atoms with E-state index in [-0.39, 0.29) is 26.3 Å². The number of anilines is 3. The topological polar surface area (TPSA) is 98.2 Å². The van der Waals surface area contributed by atoms with E-state index in [1.165, 1.54) is 18.2 Å². The van der Waals surface area contributed by atoms with Crippen LogP contribution in [-0.2, 0) is 10.0 Å². The van der Waals surface area contributed by atoms with Gasteiger partial charge in [0.2, 0.25) is 10.0 Å². The Morgan fingerprint density at radius 1 is 1.05 bits per heavy atom. The molecule has 112 valence electrons. The van der Waals surface area contributed by atoms with E-state index < -0.39 is 15.8 Å². The lowest BCUT2D eigenvalue weighted by Gasteiger charge is -2.12. The molecular weight excluding hydrogens is 340 g/mol. The Balaban J connectivity index is 2.48. The fraction of sp³-hybridized carbons (Fsp3) is 0. The quantitative estimate of drug-likeness (QED) is 0.741. The van der Waals surface area contributed by atoms with Crippen LogP contribution in [0.5, 0.6) is 0 Å². The van der Waals surface area contributed by atoms with Crippen molar-refractivity contribution in [3.05, 3.63) is 46.2 Å². The van der Waals surface area contributed by atoms with Gasteiger partial charge >= 0.3 is 0 Å². The molecule has 0 radical (unpaired) electrons. The zero-order chi connectivity index (χ0) is 15.8. The second-order valence-corrected chi connectivity index (χ2v) is 6.58. The highest BCUT2D eigenvalue weighted by Crippen LogP contribution is 2.34. The standard InChI is InChI=1S/C12H10Cl2FN3O2S/c13-10-1-6(15)2-11(14)12(10)18-8-3-7(16)4-9(5-8)21(17,19)20/h1-5,18H,16H2,(H2,17,19,20). The largest absolute Gasteiger partial charge is 0.399 e. The number of benzene rings is 2. The van der Waals surface area contributed by atoms with Crippen LogP contribution in [0.1, 0.15) is 0 Å². The Morgan fingerprint density at radius 3 is 2.14 bits per heavy atom. The van der Waals surface area contributed by atoms with Crippen LogP contribution in [0.4, 0.5) is 21.5 Å². The number of nitrogens with two attached hydrogens (primary N) is 2. The van der Waals surface area contributed by atoms with E-state index in [4.69, 9.17) is 34.1 Å². The van der Waals surface area contributed by atoms with E-state index in [0.29, 0.717) is 5.69 Å². The molecule has 0 aliphatic rings. The number of hydrogen-bond donors (Lipinski definition) is 3. The smallest absolute Gasteiger partial charge is 0.238 e. The molecule has 0 atom stereocenters. The van der Waals surface area contributed by atoms with E-state index in [0.717, 1.165) is 12.1 Å². The van der Waals surface area contributed by atoms with Crippen molar-refractivity contribution < 1.29 is 12.8 Å². The van der Waals surface area contributed by atoms with E-state index >= 15 is 0 Å². The predicted molar refractivity (Wildman–Crippen MR) is 81.9 cm³/mol. The molecule has 0 aromatic heterocycles. The molecule has 5 nitrogen and oxygen atoms in total. The lowest BCUT2D eigenvalue weighted by atomic mass is 10.2. The Hall–Kier alpha value is -1.54. The van der Waals surface area contributed by atoms with E-state index in [1.54, 1.807) is 0 Å². The highest BCUT2D eigenvalue weighted by Gasteiger charge is 2.13. The third-order valence-corrected chi connectivity index (χ3v) is 4.02. The van der Waals surface area contributed by atoms with Gasteiger partial charge in [0.05, 0.1) is 20.6 Å². The Morgan fingerprint density at radius 2 is 1.62 bits per heavy atom. The van der Waals surface area contributed by atoms with Crippen molar-refractivity contribution in [2.75, 3.05) is 11.1 Å². The average molecular weight is 350 g/mol. The number of primary sulfonamides is 1. The van der Waals surface area contributed by atoms with Crippen molar-refractivity contribution in [3.8, 4) is 0 Å². The summed E-state index contributed by atoms with van der Waals surface area (Å²) in [7, 11) is -3.91. The van der Waals surface area contributed by atoms with Crippen LogP contribution >= 0.6 is 23.2 Å². The van der Waals surface area contributed by atoms with Gasteiger partial charge in [0.1, 0.15) is 5.82 Å². The molecule has 0 fully saturated rings. The van der Waals surface area contributed by atoms with Crippen molar-refractivity contribution in [2.24, 2.45) is 5.14 Å². The van der Waals surface area contributed by atoms with Gasteiger partial charge in [-0.25, -0.2) is 17.9 Å². The second-order valence-electron chi connectivity index (χ2n) is 4.21. The van der Waals surface area contributed by atoms with Crippen LogP contribution < -0.4 is 16.2 Å². The fourth-order valence-corrected chi connectivity index (χ4v) is 2.81. The molecule has 0 aliphatic carbocycles. The minimum atomic E-state index is -3.91. The SMILES string of the molecule is Nc1cc(Nc2c(Cl)cc(F)cc2Cl)cc(S(N)(=O)=O)c1. The minimum Gasteiger partial charge on any atom is -0.399 e. The van der Waals surface area contributed by atoms with Crippen LogP contribution in [-0.4, -0.2) is 8.42 Å². The van der Waals surface area contributed by atoms with Crippen molar-refractivity contribution in [3.63, 3.8) is 0 Å². The number of sulfonamides is 1. The molecule has 2 aromatic rings. The summed E-state index contributed by atoms with van der Waals surface area (Å²) < 4.78 is 35.8. The first kappa shape index (κ1) is 15.8. The lowest BCUT2D eigenvalue weighted by molar-refractivity contribution is 0.598. The van der Waals surface area contributed by atoms with Gasteiger partial charge in [0, 0.05) is 11.4 Å². The molecule has 0 unspecified atom stereocenters. The van der Waals surface area contributed by atoms with E-state index in [1.807, 2.05) is 0 Å². The molecule has 2 aromatic carbocycles. The Bertz CT molecular complexity index is 789. The molecule has 21 heavy (non-hydrogen) atoms. The Labute approximate surface area is 130 Å². The van der Waals surface area contributed by atoms with Gasteiger partial charge in [0.25, 0.3) is 0 Å². The van der Waals surface area contributed by atoms with Crippen molar-refractivity contribution in [1.82, 2.24) is 0 Å². The summed E-state index contributed by atoms with van der Waals surface area (Å²) in [5.74, 6) is -0.589. The summed E-state index contributed by atoms with van der Waals surface area (Å²) in [6.07, 6.45) is 0. The number of rotatable bonds is 3. The van der Waals surface area contributed by atoms with Crippen LogP contribution in [0.2, 0.25) is 10.0 Å². The molecule has 0 bridgehead atoms. The van der Waals surface area contributed by atoms with Gasteiger partial charge in [-0.2, -0.15) is 0 Å². The Kier molecular flexibility index (Phi) is 4.29. The van der Waals surface area contributed by atoms with Crippen LogP contribution in [0.3, 0.4) is 0 Å². The summed E-state index contributed by atoms with van der Waals surface area (Å²) in [5, 5.41) is 7.93. The molecule has 0 spiro atoms. The summed E-state index contributed by atoms with van der Waals surface area (Å²) in [6, 6.07) is 6.09. The first-order valence-electron chi connectivity index (χ1n) is 5.52. The number of hydrogen-bond acceptors (Lipinski definition) is 4. The molecular formula is C12H10Cl2FN3O2S. The fourth-order valence-electron chi connectivity index (χ4n) is 1.66. The maximum atomic E-state index is 13.1. The third-order valence-electron chi connectivity index (χ3n) is 2.53. The van der Waals surface area contributed by atoms with Gasteiger partial charge in [-0.3, -0.25) is 0 Å². The number of nitrogens with one attached hydrogen (secondary N) is 1. The van der Waals surface area contributed by atoms with Gasteiger partial charge in [-0.15, -0.1) is 0 Å². The van der Waals surface area contributed by atoms with Crippen LogP contribution in [0, 0.1) is 5.82 Å². The van der Waals surface area contributed by atoms with Crippen LogP contribution in [0.25, 0.3) is 0 Å². The predicted octanol–water partition coefficient (Wildman–Crippen LogP) is 3.11. The van der Waals surface area contributed by atoms with Crippen LogP contribution in [0.15, 0.2) is 35.2 Å². The summed E-state index contributed by atoms with van der Waals surface area (Å²) in [5.41, 5.74) is 6.33. The normalized spacial score (nSPS) is 11.4. The zero-order valence-corrected chi connectivity index (χ0v) is 12.7. The van der Waals surface area contributed by atoms with Gasteiger partial charge < -0.3 is 11.1 Å². The molecule has 0 saturated heterocycles. The molecule has 0 saturated carbocycles. The first-order chi connectivity index (χ1) is 9.66. The third kappa shape index (κ3) is 3.76.